The first-order valence-electron chi connectivity index (χ1n) is 20.7. The van der Waals surface area contributed by atoms with Gasteiger partial charge in [-0.15, -0.1) is 22.7 Å². The normalized spacial score (nSPS) is 14.8. The zero-order valence-electron chi connectivity index (χ0n) is 33.5. The summed E-state index contributed by atoms with van der Waals surface area (Å²) in [6.07, 6.45) is 11.5. The number of thiazole rings is 2. The van der Waals surface area contributed by atoms with Crippen molar-refractivity contribution in [3.63, 3.8) is 0 Å². The van der Waals surface area contributed by atoms with Crippen molar-refractivity contribution in [3.8, 4) is 22.5 Å². The van der Waals surface area contributed by atoms with E-state index in [4.69, 9.17) is 9.97 Å². The Balaban J connectivity index is 1.02. The first-order chi connectivity index (χ1) is 28.2. The molecule has 0 fully saturated rings. The second kappa shape index (κ2) is 16.9. The van der Waals surface area contributed by atoms with Gasteiger partial charge < -0.3 is 0 Å². The van der Waals surface area contributed by atoms with Gasteiger partial charge in [-0.2, -0.15) is 0 Å². The molecule has 8 rings (SSSR count). The zero-order chi connectivity index (χ0) is 40.5. The van der Waals surface area contributed by atoms with E-state index in [9.17, 15) is 19.2 Å². The van der Waals surface area contributed by atoms with Gasteiger partial charge in [0.25, 0.3) is 23.6 Å². The molecule has 2 aromatic heterocycles. The van der Waals surface area contributed by atoms with Crippen molar-refractivity contribution in [2.75, 3.05) is 9.80 Å². The van der Waals surface area contributed by atoms with E-state index in [2.05, 4.69) is 38.5 Å². The third kappa shape index (κ3) is 7.32. The van der Waals surface area contributed by atoms with Crippen LogP contribution in [0, 0.1) is 11.8 Å². The largest absolute Gasteiger partial charge is 0.268 e. The maximum absolute atomic E-state index is 14.1. The SMILES string of the molecule is CCCCC(CC)Cc1nc(-c2ccc(N3C(=O)c4ccc5c6c(ccc(c46)C3=O)C(=O)N(c3ccc(-c4csc(CC(CC)CCCC)n4)cc3)C5=O)cc2)cs1. The Hall–Kier alpha value is -5.32. The van der Waals surface area contributed by atoms with Gasteiger partial charge in [-0.25, -0.2) is 19.8 Å². The number of hydrogen-bond acceptors (Lipinski definition) is 8. The average Bonchev–Trinajstić information content (AvgIpc) is 3.93. The molecule has 4 aromatic carbocycles. The van der Waals surface area contributed by atoms with Crippen LogP contribution in [0.5, 0.6) is 0 Å². The summed E-state index contributed by atoms with van der Waals surface area (Å²) in [6, 6.07) is 21.1. The smallest absolute Gasteiger partial charge is 0.265 e. The molecule has 2 unspecified atom stereocenters. The lowest BCUT2D eigenvalue weighted by Crippen LogP contribution is -2.43. The van der Waals surface area contributed by atoms with Gasteiger partial charge in [0.05, 0.1) is 32.8 Å². The van der Waals surface area contributed by atoms with Crippen LogP contribution in [-0.4, -0.2) is 33.6 Å². The molecule has 8 nitrogen and oxygen atoms in total. The second-order valence-electron chi connectivity index (χ2n) is 15.6. The Labute approximate surface area is 348 Å². The minimum Gasteiger partial charge on any atom is -0.268 e. The minimum atomic E-state index is -0.503. The van der Waals surface area contributed by atoms with E-state index in [1.54, 1.807) is 71.2 Å². The summed E-state index contributed by atoms with van der Waals surface area (Å²) in [5, 5.41) is 7.06. The van der Waals surface area contributed by atoms with Crippen molar-refractivity contribution in [2.24, 2.45) is 11.8 Å². The summed E-state index contributed by atoms with van der Waals surface area (Å²) in [5.74, 6) is -0.760. The highest BCUT2D eigenvalue weighted by atomic mass is 32.1. The first kappa shape index (κ1) is 39.5. The number of aromatic nitrogens is 2. The van der Waals surface area contributed by atoms with Crippen molar-refractivity contribution in [1.82, 2.24) is 9.97 Å². The second-order valence-corrected chi connectivity index (χ2v) is 17.4. The monoisotopic (exact) mass is 808 g/mol. The molecule has 10 heteroatoms. The lowest BCUT2D eigenvalue weighted by molar-refractivity contribution is 0.0873. The minimum absolute atomic E-state index is 0.272. The summed E-state index contributed by atoms with van der Waals surface area (Å²) >= 11 is 3.35. The Morgan fingerprint density at radius 2 is 0.845 bits per heavy atom. The first-order valence-corrected chi connectivity index (χ1v) is 22.5. The van der Waals surface area contributed by atoms with Crippen LogP contribution in [0.3, 0.4) is 0 Å². The molecule has 2 aliphatic heterocycles. The highest BCUT2D eigenvalue weighted by molar-refractivity contribution is 7.10. The molecule has 0 radical (unpaired) electrons. The third-order valence-corrected chi connectivity index (χ3v) is 13.6. The molecule has 4 heterocycles. The number of imide groups is 2. The van der Waals surface area contributed by atoms with Crippen LogP contribution in [0.15, 0.2) is 83.6 Å². The fourth-order valence-electron chi connectivity index (χ4n) is 8.36. The molecular formula is C48H48N4O4S2. The number of hydrogen-bond donors (Lipinski definition) is 0. The number of benzene rings is 4. The highest BCUT2D eigenvalue weighted by Gasteiger charge is 2.40. The van der Waals surface area contributed by atoms with Gasteiger partial charge in [0.2, 0.25) is 0 Å². The Morgan fingerprint density at radius 1 is 0.500 bits per heavy atom. The highest BCUT2D eigenvalue weighted by Crippen LogP contribution is 2.41. The number of nitrogens with zero attached hydrogens (tertiary/aromatic N) is 4. The van der Waals surface area contributed by atoms with E-state index in [0.29, 0.717) is 34.0 Å². The number of carbonyl (C=O) groups excluding carboxylic acids is 4. The maximum atomic E-state index is 14.1. The topological polar surface area (TPSA) is 101 Å². The van der Waals surface area contributed by atoms with E-state index >= 15 is 0 Å². The molecule has 4 amide bonds. The fourth-order valence-corrected chi connectivity index (χ4v) is 10.2. The van der Waals surface area contributed by atoms with Gasteiger partial charge >= 0.3 is 0 Å². The fraction of sp³-hybridized carbons (Fsp3) is 0.333. The average molecular weight is 809 g/mol. The van der Waals surface area contributed by atoms with E-state index < -0.39 is 23.6 Å². The quantitative estimate of drug-likeness (QED) is 0.0903. The van der Waals surface area contributed by atoms with Crippen molar-refractivity contribution in [1.29, 1.82) is 0 Å². The number of amides is 4. The summed E-state index contributed by atoms with van der Waals surface area (Å²) in [6.45, 7) is 8.93. The number of unbranched alkanes of at least 4 members (excludes halogenated alkanes) is 2. The summed E-state index contributed by atoms with van der Waals surface area (Å²) < 4.78 is 0. The van der Waals surface area contributed by atoms with Crippen LogP contribution in [-0.2, 0) is 12.8 Å². The van der Waals surface area contributed by atoms with Crippen LogP contribution in [0.4, 0.5) is 11.4 Å². The Kier molecular flexibility index (Phi) is 11.5. The molecule has 0 N–H and O–H groups in total. The standard InChI is InChI=1S/C48H48N4O4S2/c1-5-9-11-29(7-3)25-41-49-39(27-57-41)31-13-17-33(18-14-31)51-45(53)35-21-23-37-44-38(24-22-36(43(35)44)46(51)54)48(56)52(47(37)55)34-19-15-32(16-20-34)40-28-58-42(50-40)26-30(8-4)12-10-6-2/h13-24,27-30H,5-12,25-26H2,1-4H3. The van der Waals surface area contributed by atoms with Crippen LogP contribution in [0.1, 0.15) is 131 Å². The van der Waals surface area contributed by atoms with Crippen LogP contribution < -0.4 is 9.80 Å². The van der Waals surface area contributed by atoms with E-state index in [0.717, 1.165) is 58.2 Å². The third-order valence-electron chi connectivity index (χ3n) is 11.9. The molecule has 296 valence electrons. The molecular weight excluding hydrogens is 761 g/mol. The Bertz CT molecular complexity index is 2270. The zero-order valence-corrected chi connectivity index (χ0v) is 35.2. The van der Waals surface area contributed by atoms with Crippen LogP contribution in [0.25, 0.3) is 33.3 Å². The van der Waals surface area contributed by atoms with Gasteiger partial charge in [-0.1, -0.05) is 103 Å². The summed E-state index contributed by atoms with van der Waals surface area (Å²) in [5.41, 5.74) is 5.54. The molecule has 0 aliphatic carbocycles. The number of carbonyl (C=O) groups is 4. The van der Waals surface area contributed by atoms with Crippen molar-refractivity contribution in [2.45, 2.75) is 91.9 Å². The molecule has 0 saturated carbocycles. The summed E-state index contributed by atoms with van der Waals surface area (Å²) in [7, 11) is 0. The van der Waals surface area contributed by atoms with Gasteiger partial charge in [-0.3, -0.25) is 19.2 Å². The maximum Gasteiger partial charge on any atom is 0.265 e. The number of anilines is 2. The molecule has 0 spiro atoms. The van der Waals surface area contributed by atoms with Crippen molar-refractivity contribution in [3.05, 3.63) is 116 Å². The van der Waals surface area contributed by atoms with Gasteiger partial charge in [0, 0.05) is 67.8 Å². The van der Waals surface area contributed by atoms with Gasteiger partial charge in [0.15, 0.2) is 0 Å². The van der Waals surface area contributed by atoms with E-state index in [1.807, 2.05) is 24.3 Å². The lowest BCUT2D eigenvalue weighted by atomic mass is 9.85. The van der Waals surface area contributed by atoms with Crippen molar-refractivity contribution >= 4 is 68.4 Å². The summed E-state index contributed by atoms with van der Waals surface area (Å²) in [4.78, 5) is 68.7. The molecule has 2 aliphatic rings. The van der Waals surface area contributed by atoms with Gasteiger partial charge in [0.1, 0.15) is 0 Å². The predicted octanol–water partition coefficient (Wildman–Crippen LogP) is 12.2. The molecule has 58 heavy (non-hydrogen) atoms. The molecule has 0 bridgehead atoms. The predicted molar refractivity (Wildman–Crippen MR) is 235 cm³/mol. The lowest BCUT2D eigenvalue weighted by Gasteiger charge is -2.32. The molecule has 0 saturated heterocycles. The van der Waals surface area contributed by atoms with E-state index in [1.165, 1.54) is 48.3 Å². The Morgan fingerprint density at radius 3 is 1.16 bits per heavy atom. The van der Waals surface area contributed by atoms with Crippen LogP contribution in [0.2, 0.25) is 0 Å². The molecule has 2 atom stereocenters. The number of rotatable bonds is 16. The van der Waals surface area contributed by atoms with Crippen molar-refractivity contribution < 1.29 is 19.2 Å². The van der Waals surface area contributed by atoms with Crippen LogP contribution >= 0.6 is 22.7 Å². The van der Waals surface area contributed by atoms with Gasteiger partial charge in [-0.05, 0) is 60.4 Å². The van der Waals surface area contributed by atoms with E-state index in [-0.39, 0.29) is 22.3 Å². The molecule has 6 aromatic rings.